The molecule has 1 rings (SSSR count). The van der Waals surface area contributed by atoms with Crippen molar-refractivity contribution in [2.45, 2.75) is 13.3 Å². The molecule has 0 saturated carbocycles. The van der Waals surface area contributed by atoms with Gasteiger partial charge in [-0.3, -0.25) is 4.79 Å². The smallest absolute Gasteiger partial charge is 0.384 e. The third kappa shape index (κ3) is 3.58. The van der Waals surface area contributed by atoms with Crippen molar-refractivity contribution in [1.29, 1.82) is 0 Å². The summed E-state index contributed by atoms with van der Waals surface area (Å²) < 4.78 is 4.41. The number of methoxy groups -OCH3 is 1. The fourth-order valence-electron chi connectivity index (χ4n) is 1.23. The molecule has 0 amide bonds. The molecule has 3 heteroatoms. The fourth-order valence-corrected chi connectivity index (χ4v) is 1.23. The zero-order chi connectivity index (χ0) is 12.0. The van der Waals surface area contributed by atoms with Crippen molar-refractivity contribution in [3.63, 3.8) is 0 Å². The first-order valence-electron chi connectivity index (χ1n) is 4.81. The predicted octanol–water partition coefficient (Wildman–Crippen LogP) is 1.34. The van der Waals surface area contributed by atoms with Gasteiger partial charge >= 0.3 is 5.97 Å². The Morgan fingerprint density at radius 1 is 1.31 bits per heavy atom. The number of carbonyl (C=O) groups excluding carboxylic acids is 2. The van der Waals surface area contributed by atoms with E-state index in [2.05, 4.69) is 16.6 Å². The first-order valence-corrected chi connectivity index (χ1v) is 4.81. The largest absolute Gasteiger partial charge is 0.459 e. The van der Waals surface area contributed by atoms with E-state index < -0.39 is 5.97 Å². The monoisotopic (exact) mass is 216 g/mol. The second-order valence-corrected chi connectivity index (χ2v) is 3.28. The zero-order valence-electron chi connectivity index (χ0n) is 9.24. The maximum absolute atomic E-state index is 11.0. The minimum absolute atomic E-state index is 0.0623. The van der Waals surface area contributed by atoms with Crippen LogP contribution in [0.3, 0.4) is 0 Å². The number of carbonyl (C=O) groups is 2. The van der Waals surface area contributed by atoms with Gasteiger partial charge in [0.15, 0.2) is 0 Å². The van der Waals surface area contributed by atoms with Crippen LogP contribution in [0.15, 0.2) is 24.3 Å². The Morgan fingerprint density at radius 2 is 2.00 bits per heavy atom. The fraction of sp³-hybridized carbons (Fsp3) is 0.231. The van der Waals surface area contributed by atoms with Gasteiger partial charge in [0.2, 0.25) is 0 Å². The van der Waals surface area contributed by atoms with Gasteiger partial charge in [0.25, 0.3) is 0 Å². The van der Waals surface area contributed by atoms with E-state index in [4.69, 9.17) is 0 Å². The lowest BCUT2D eigenvalue weighted by atomic mass is 10.0. The number of esters is 1. The van der Waals surface area contributed by atoms with Crippen LogP contribution >= 0.6 is 0 Å². The lowest BCUT2D eigenvalue weighted by Crippen LogP contribution is -1.99. The summed E-state index contributed by atoms with van der Waals surface area (Å²) >= 11 is 0. The van der Waals surface area contributed by atoms with E-state index in [0.717, 1.165) is 5.56 Å². The van der Waals surface area contributed by atoms with E-state index in [1.54, 1.807) is 6.07 Å². The number of benzene rings is 1. The Morgan fingerprint density at radius 3 is 2.62 bits per heavy atom. The summed E-state index contributed by atoms with van der Waals surface area (Å²) in [6.07, 6.45) is 0.325. The molecule has 0 aliphatic carbocycles. The minimum atomic E-state index is -0.586. The number of ether oxygens (including phenoxy) is 1. The molecule has 0 atom stereocenters. The maximum atomic E-state index is 11.0. The van der Waals surface area contributed by atoms with Crippen LogP contribution in [0.2, 0.25) is 0 Å². The lowest BCUT2D eigenvalue weighted by Gasteiger charge is -2.00. The quantitative estimate of drug-likeness (QED) is 0.553. The highest BCUT2D eigenvalue weighted by Gasteiger charge is 2.02. The van der Waals surface area contributed by atoms with E-state index >= 15 is 0 Å². The molecular weight excluding hydrogens is 204 g/mol. The normalized spacial score (nSPS) is 8.88. The van der Waals surface area contributed by atoms with Crippen LogP contribution in [0, 0.1) is 11.8 Å². The molecular formula is C13H12O3. The van der Waals surface area contributed by atoms with Gasteiger partial charge in [-0.2, -0.15) is 0 Å². The average Bonchev–Trinajstić information content (AvgIpc) is 2.26. The second kappa shape index (κ2) is 5.72. The first kappa shape index (κ1) is 12.0. The molecule has 0 fully saturated rings. The average molecular weight is 216 g/mol. The van der Waals surface area contributed by atoms with Crippen molar-refractivity contribution < 1.29 is 14.3 Å². The first-order chi connectivity index (χ1) is 7.63. The summed E-state index contributed by atoms with van der Waals surface area (Å²) in [4.78, 5) is 21.9. The topological polar surface area (TPSA) is 43.4 Å². The molecule has 0 bridgehead atoms. The van der Waals surface area contributed by atoms with Crippen LogP contribution in [0.25, 0.3) is 0 Å². The molecule has 0 unspecified atom stereocenters. The SMILES string of the molecule is COC(=O)C#Cc1ccccc1CC(C)=O. The van der Waals surface area contributed by atoms with Crippen molar-refractivity contribution in [1.82, 2.24) is 0 Å². The second-order valence-electron chi connectivity index (χ2n) is 3.28. The zero-order valence-corrected chi connectivity index (χ0v) is 9.24. The molecule has 3 nitrogen and oxygen atoms in total. The molecule has 0 aliphatic rings. The van der Waals surface area contributed by atoms with Crippen LogP contribution in [0.1, 0.15) is 18.1 Å². The summed E-state index contributed by atoms with van der Waals surface area (Å²) in [6, 6.07) is 7.24. The minimum Gasteiger partial charge on any atom is -0.459 e. The van der Waals surface area contributed by atoms with Gasteiger partial charge < -0.3 is 4.74 Å². The summed E-state index contributed by atoms with van der Waals surface area (Å²) in [7, 11) is 1.28. The number of ketones is 1. The van der Waals surface area contributed by atoms with Gasteiger partial charge in [0.1, 0.15) is 5.78 Å². The molecule has 0 heterocycles. The summed E-state index contributed by atoms with van der Waals surface area (Å²) in [5, 5.41) is 0. The van der Waals surface area contributed by atoms with E-state index in [1.807, 2.05) is 18.2 Å². The summed E-state index contributed by atoms with van der Waals surface area (Å²) in [5.74, 6) is 4.51. The van der Waals surface area contributed by atoms with Crippen LogP contribution in [-0.2, 0) is 20.7 Å². The number of hydrogen-bond acceptors (Lipinski definition) is 3. The third-order valence-electron chi connectivity index (χ3n) is 1.94. The standard InChI is InChI=1S/C13H12O3/c1-10(14)9-12-6-4-3-5-11(12)7-8-13(15)16-2/h3-6H,9H2,1-2H3. The van der Waals surface area contributed by atoms with Crippen LogP contribution in [0.5, 0.6) is 0 Å². The molecule has 1 aromatic carbocycles. The summed E-state index contributed by atoms with van der Waals surface area (Å²) in [6.45, 7) is 1.52. The molecule has 0 radical (unpaired) electrons. The van der Waals surface area contributed by atoms with Crippen LogP contribution < -0.4 is 0 Å². The Hall–Kier alpha value is -2.08. The molecule has 0 N–H and O–H groups in total. The van der Waals surface area contributed by atoms with Gasteiger partial charge in [-0.1, -0.05) is 24.1 Å². The van der Waals surface area contributed by atoms with E-state index in [9.17, 15) is 9.59 Å². The van der Waals surface area contributed by atoms with E-state index in [1.165, 1.54) is 14.0 Å². The highest BCUT2D eigenvalue weighted by Crippen LogP contribution is 2.08. The van der Waals surface area contributed by atoms with E-state index in [0.29, 0.717) is 12.0 Å². The Balaban J connectivity index is 2.98. The molecule has 0 spiro atoms. The van der Waals surface area contributed by atoms with Crippen molar-refractivity contribution in [3.8, 4) is 11.8 Å². The van der Waals surface area contributed by atoms with Gasteiger partial charge in [-0.25, -0.2) is 4.79 Å². The maximum Gasteiger partial charge on any atom is 0.384 e. The van der Waals surface area contributed by atoms with Gasteiger partial charge in [0, 0.05) is 17.9 Å². The molecule has 1 aromatic rings. The lowest BCUT2D eigenvalue weighted by molar-refractivity contribution is -0.133. The van der Waals surface area contributed by atoms with Crippen molar-refractivity contribution >= 4 is 11.8 Å². The molecule has 82 valence electrons. The van der Waals surface area contributed by atoms with Crippen LogP contribution in [0.4, 0.5) is 0 Å². The molecule has 0 saturated heterocycles. The Bertz CT molecular complexity index is 464. The highest BCUT2D eigenvalue weighted by atomic mass is 16.5. The third-order valence-corrected chi connectivity index (χ3v) is 1.94. The van der Waals surface area contributed by atoms with Crippen molar-refractivity contribution in [2.24, 2.45) is 0 Å². The number of Topliss-reactive ketones (excluding diaryl/α,β-unsaturated/α-hetero) is 1. The highest BCUT2D eigenvalue weighted by molar-refractivity contribution is 5.89. The number of rotatable bonds is 2. The molecule has 0 aromatic heterocycles. The van der Waals surface area contributed by atoms with Crippen molar-refractivity contribution in [2.75, 3.05) is 7.11 Å². The molecule has 0 aliphatic heterocycles. The number of hydrogen-bond donors (Lipinski definition) is 0. The van der Waals surface area contributed by atoms with Crippen LogP contribution in [-0.4, -0.2) is 18.9 Å². The summed E-state index contributed by atoms with van der Waals surface area (Å²) in [5.41, 5.74) is 1.51. The van der Waals surface area contributed by atoms with Gasteiger partial charge in [-0.15, -0.1) is 0 Å². The Kier molecular flexibility index (Phi) is 4.28. The van der Waals surface area contributed by atoms with E-state index in [-0.39, 0.29) is 5.78 Å². The Labute approximate surface area is 94.4 Å². The van der Waals surface area contributed by atoms with Gasteiger partial charge in [0.05, 0.1) is 7.11 Å². The molecule has 16 heavy (non-hydrogen) atoms. The van der Waals surface area contributed by atoms with Gasteiger partial charge in [-0.05, 0) is 18.6 Å². The van der Waals surface area contributed by atoms with Crippen molar-refractivity contribution in [3.05, 3.63) is 35.4 Å². The predicted molar refractivity (Wildman–Crippen MR) is 59.7 cm³/mol.